The van der Waals surface area contributed by atoms with Crippen LogP contribution in [0.1, 0.15) is 35.8 Å². The van der Waals surface area contributed by atoms with Crippen molar-refractivity contribution in [3.63, 3.8) is 0 Å². The minimum absolute atomic E-state index is 0. The van der Waals surface area contributed by atoms with Crippen molar-refractivity contribution in [1.29, 1.82) is 0 Å². The van der Waals surface area contributed by atoms with Crippen molar-refractivity contribution in [2.75, 3.05) is 7.11 Å². The van der Waals surface area contributed by atoms with Crippen LogP contribution in [0.2, 0.25) is 5.02 Å². The molecule has 0 aliphatic carbocycles. The number of fused-ring (bicyclic) bond motifs is 2. The molecule has 4 atom stereocenters. The molecule has 1 aromatic heterocycles. The predicted molar refractivity (Wildman–Crippen MR) is 176 cm³/mol. The van der Waals surface area contributed by atoms with Gasteiger partial charge in [-0.1, -0.05) is 54.1 Å². The van der Waals surface area contributed by atoms with E-state index in [2.05, 4.69) is 15.4 Å². The van der Waals surface area contributed by atoms with E-state index in [9.17, 15) is 38.7 Å². The third kappa shape index (κ3) is 6.77. The summed E-state index contributed by atoms with van der Waals surface area (Å²) in [6.07, 6.45) is -1.11. The average molecular weight is 745 g/mol. The van der Waals surface area contributed by atoms with Gasteiger partial charge in [0.1, 0.15) is 17.5 Å². The van der Waals surface area contributed by atoms with E-state index in [0.29, 0.717) is 10.1 Å². The monoisotopic (exact) mass is 744 g/mol. The van der Waals surface area contributed by atoms with Crippen LogP contribution in [-0.2, 0) is 19.1 Å². The first-order chi connectivity index (χ1) is 23.7. The molecule has 51 heavy (non-hydrogen) atoms. The number of aromatic nitrogens is 1. The first kappa shape index (κ1) is 37.6. The Hall–Kier alpha value is -4.61. The van der Waals surface area contributed by atoms with Gasteiger partial charge < -0.3 is 39.3 Å². The van der Waals surface area contributed by atoms with Crippen LogP contribution in [0.25, 0.3) is 16.7 Å². The van der Waals surface area contributed by atoms with Crippen molar-refractivity contribution in [1.82, 2.24) is 20.1 Å². The molecule has 258 valence electrons. The Bertz CT molecular complexity index is 2210. The molecule has 18 heteroatoms. The number of ether oxygens (including phenoxy) is 2. The van der Waals surface area contributed by atoms with Gasteiger partial charge in [-0.25, -0.2) is 14.2 Å². The second-order valence-corrected chi connectivity index (χ2v) is 13.9. The maximum absolute atomic E-state index is 13.7. The molecule has 2 fully saturated rings. The summed E-state index contributed by atoms with van der Waals surface area (Å²) in [5.74, 6) is -5.10. The van der Waals surface area contributed by atoms with Gasteiger partial charge in [0.05, 0.1) is 40.8 Å². The number of β-lactam (4-membered cyclic amide) rings is 1. The fraction of sp³-hybridized carbons (Fsp3) is 0.242. The second kappa shape index (κ2) is 14.6. The zero-order chi connectivity index (χ0) is 36.1. The Morgan fingerprint density at radius 3 is 2.35 bits per heavy atom. The van der Waals surface area contributed by atoms with Crippen molar-refractivity contribution in [3.05, 3.63) is 104 Å². The number of nitrogens with zero attached hydrogens (tertiary/aromatic N) is 2. The Labute approximate surface area is 319 Å². The minimum Gasteiger partial charge on any atom is -0.548 e. The molecule has 3 heterocycles. The standard InChI is InChI=1S/C33H27ClN4O11S.Na/c1-33(2)24(30(43)44)38-28(42)22(29(38)50-33)36-26(40)21(15-9-5-4-6-10-15)35-25(39)16-11-7-13-18(20(16)34)37-27(41)17-12-8-14-19(48-32(46)47-3)23(17)49-31(37)45;/h4-14,21-22,24,29H,1-3H3,(H,35,39)(H,36,40)(H,43,44);/q;+1/p-1/t21-,22-,24+,29-;/m1./s1. The molecule has 3 aromatic carbocycles. The van der Waals surface area contributed by atoms with Gasteiger partial charge in [0.15, 0.2) is 11.3 Å². The number of hydrogen-bond donors (Lipinski definition) is 2. The van der Waals surface area contributed by atoms with Crippen molar-refractivity contribution < 1.29 is 72.5 Å². The predicted octanol–water partition coefficient (Wildman–Crippen LogP) is -1.49. The summed E-state index contributed by atoms with van der Waals surface area (Å²) < 4.78 is 14.5. The van der Waals surface area contributed by atoms with Gasteiger partial charge in [-0.2, -0.15) is 0 Å². The molecule has 3 amide bonds. The van der Waals surface area contributed by atoms with E-state index in [1.54, 1.807) is 44.2 Å². The zero-order valence-corrected chi connectivity index (χ0v) is 30.9. The Balaban J connectivity index is 0.00000504. The SMILES string of the molecule is COC(=O)Oc1cccc2c(=O)n(-c3cccc(C(=O)N[C@@H](C(=O)N[C@@H]4C(=O)N5[C@@H]4SC(C)(C)[C@@H]5C(=O)[O-])c4ccccc4)c3Cl)c(=O)oc12.[Na+]. The summed E-state index contributed by atoms with van der Waals surface area (Å²) in [7, 11) is 1.07. The number of rotatable bonds is 8. The number of aliphatic carboxylic acids is 1. The number of para-hydroxylation sites is 1. The van der Waals surface area contributed by atoms with Crippen LogP contribution in [0.3, 0.4) is 0 Å². The third-order valence-electron chi connectivity index (χ3n) is 8.24. The number of halogens is 1. The van der Waals surface area contributed by atoms with E-state index in [4.69, 9.17) is 20.8 Å². The van der Waals surface area contributed by atoms with Crippen LogP contribution >= 0.6 is 23.4 Å². The molecule has 2 N–H and O–H groups in total. The molecule has 0 bridgehead atoms. The van der Waals surface area contributed by atoms with Crippen molar-refractivity contribution in [2.24, 2.45) is 0 Å². The summed E-state index contributed by atoms with van der Waals surface area (Å²) in [6, 6.07) is 12.5. The second-order valence-electron chi connectivity index (χ2n) is 11.7. The molecule has 4 aromatic rings. The Morgan fingerprint density at radius 2 is 1.69 bits per heavy atom. The molecule has 0 spiro atoms. The van der Waals surface area contributed by atoms with Gasteiger partial charge in [-0.05, 0) is 43.7 Å². The number of nitrogens with one attached hydrogen (secondary N) is 2. The number of carbonyl (C=O) groups is 5. The number of thioether (sulfide) groups is 1. The molecule has 2 aliphatic rings. The molecule has 15 nitrogen and oxygen atoms in total. The van der Waals surface area contributed by atoms with Crippen molar-refractivity contribution in [3.8, 4) is 11.4 Å². The minimum atomic E-state index is -1.40. The third-order valence-corrected chi connectivity index (χ3v) is 10.2. The van der Waals surface area contributed by atoms with Gasteiger partial charge in [0.2, 0.25) is 11.8 Å². The number of hydrogen-bond acceptors (Lipinski definition) is 12. The quantitative estimate of drug-likeness (QED) is 0.0917. The summed E-state index contributed by atoms with van der Waals surface area (Å²) in [4.78, 5) is 91.8. The Kier molecular flexibility index (Phi) is 10.7. The molecule has 6 rings (SSSR count). The van der Waals surface area contributed by atoms with Crippen LogP contribution in [0, 0.1) is 0 Å². The van der Waals surface area contributed by atoms with E-state index in [-0.39, 0.29) is 62.5 Å². The molecular formula is C33H26ClN4NaO11S. The van der Waals surface area contributed by atoms with Crippen LogP contribution in [-0.4, -0.2) is 68.6 Å². The number of carbonyl (C=O) groups excluding carboxylic acids is 5. The van der Waals surface area contributed by atoms with E-state index < -0.39 is 69.4 Å². The molecule has 2 saturated heterocycles. The molecule has 0 unspecified atom stereocenters. The van der Waals surface area contributed by atoms with Crippen LogP contribution in [0.5, 0.6) is 5.75 Å². The molecule has 0 saturated carbocycles. The van der Waals surface area contributed by atoms with Crippen LogP contribution < -0.4 is 61.3 Å². The number of benzene rings is 3. The van der Waals surface area contributed by atoms with Crippen LogP contribution in [0.4, 0.5) is 4.79 Å². The normalized spacial score (nSPS) is 19.2. The number of carboxylic acids is 1. The maximum Gasteiger partial charge on any atom is 1.00 e. The van der Waals surface area contributed by atoms with Crippen molar-refractivity contribution >= 4 is 64.2 Å². The fourth-order valence-electron chi connectivity index (χ4n) is 5.93. The summed E-state index contributed by atoms with van der Waals surface area (Å²) >= 11 is 7.84. The van der Waals surface area contributed by atoms with Crippen molar-refractivity contribution in [2.45, 2.75) is 42.1 Å². The zero-order valence-electron chi connectivity index (χ0n) is 27.3. The van der Waals surface area contributed by atoms with Gasteiger partial charge in [0.25, 0.3) is 11.5 Å². The Morgan fingerprint density at radius 1 is 1.00 bits per heavy atom. The van der Waals surface area contributed by atoms with Gasteiger partial charge >= 0.3 is 41.5 Å². The smallest absolute Gasteiger partial charge is 0.548 e. The largest absolute Gasteiger partial charge is 1.00 e. The van der Waals surface area contributed by atoms with Gasteiger partial charge in [0, 0.05) is 4.75 Å². The summed E-state index contributed by atoms with van der Waals surface area (Å²) in [5, 5.41) is 15.9. The summed E-state index contributed by atoms with van der Waals surface area (Å²) in [6.45, 7) is 3.33. The first-order valence-electron chi connectivity index (χ1n) is 14.9. The number of carboxylic acid groups (broad SMARTS) is 1. The molecule has 0 radical (unpaired) electrons. The van der Waals surface area contributed by atoms with Gasteiger partial charge in [-0.15, -0.1) is 11.8 Å². The van der Waals surface area contributed by atoms with E-state index in [1.165, 1.54) is 53.1 Å². The van der Waals surface area contributed by atoms with Crippen LogP contribution in [0.15, 0.2) is 80.7 Å². The topological polar surface area (TPSA) is 206 Å². The van der Waals surface area contributed by atoms with Gasteiger partial charge in [-0.3, -0.25) is 19.2 Å². The average Bonchev–Trinajstić information content (AvgIpc) is 3.34. The van der Waals surface area contributed by atoms with E-state index in [0.717, 1.165) is 7.11 Å². The van der Waals surface area contributed by atoms with E-state index in [1.807, 2.05) is 0 Å². The summed E-state index contributed by atoms with van der Waals surface area (Å²) in [5.41, 5.74) is -1.32. The molecular weight excluding hydrogens is 719 g/mol. The fourth-order valence-corrected chi connectivity index (χ4v) is 7.85. The van der Waals surface area contributed by atoms with E-state index >= 15 is 0 Å². The maximum atomic E-state index is 13.7. The number of methoxy groups -OCH3 is 1. The first-order valence-corrected chi connectivity index (χ1v) is 16.1. The molecule has 2 aliphatic heterocycles. The number of amides is 3.